The van der Waals surface area contributed by atoms with Crippen LogP contribution in [0.25, 0.3) is 22.2 Å². The van der Waals surface area contributed by atoms with Crippen molar-refractivity contribution in [1.82, 2.24) is 14.8 Å². The van der Waals surface area contributed by atoms with Gasteiger partial charge < -0.3 is 16.2 Å². The third-order valence-electron chi connectivity index (χ3n) is 3.81. The molecule has 0 aliphatic heterocycles. The lowest BCUT2D eigenvalue weighted by molar-refractivity contribution is -0.142. The largest absolute Gasteiger partial charge is 0.494 e. The molecule has 0 saturated heterocycles. The molecular formula is C17H16F3N5O2. The van der Waals surface area contributed by atoms with E-state index in [4.69, 9.17) is 16.2 Å². The fourth-order valence-electron chi connectivity index (χ4n) is 2.70. The lowest BCUT2D eigenvalue weighted by atomic mass is 10.1. The summed E-state index contributed by atoms with van der Waals surface area (Å²) in [6.45, 7) is 0.924. The Balaban J connectivity index is 2.10. The topological polar surface area (TPSA) is 109 Å². The first-order chi connectivity index (χ1) is 12.7. The van der Waals surface area contributed by atoms with E-state index in [9.17, 15) is 18.0 Å². The van der Waals surface area contributed by atoms with Crippen LogP contribution in [0.3, 0.4) is 0 Å². The van der Waals surface area contributed by atoms with Gasteiger partial charge in [-0.05, 0) is 25.1 Å². The first kappa shape index (κ1) is 18.5. The highest BCUT2D eigenvalue weighted by molar-refractivity contribution is 6.03. The predicted octanol–water partition coefficient (Wildman–Crippen LogP) is 2.74. The molecular weight excluding hydrogens is 363 g/mol. The molecule has 0 fully saturated rings. The van der Waals surface area contributed by atoms with Crippen LogP contribution < -0.4 is 16.2 Å². The SMILES string of the molecule is CCOc1ccc2cc(-c3nn(CC(F)(F)F)c(N)c3C(N)=O)cnc2c1. The minimum atomic E-state index is -4.55. The van der Waals surface area contributed by atoms with Gasteiger partial charge in [0.2, 0.25) is 0 Å². The summed E-state index contributed by atoms with van der Waals surface area (Å²) in [5.41, 5.74) is 11.6. The van der Waals surface area contributed by atoms with Gasteiger partial charge in [0, 0.05) is 23.2 Å². The summed E-state index contributed by atoms with van der Waals surface area (Å²) >= 11 is 0. The Hall–Kier alpha value is -3.30. The maximum atomic E-state index is 12.7. The quantitative estimate of drug-likeness (QED) is 0.708. The number of pyridine rings is 1. The Kier molecular flexibility index (Phi) is 4.64. The minimum Gasteiger partial charge on any atom is -0.494 e. The molecule has 4 N–H and O–H groups in total. The second kappa shape index (κ2) is 6.78. The lowest BCUT2D eigenvalue weighted by Gasteiger charge is -2.07. The number of nitrogens with zero attached hydrogens (tertiary/aromatic N) is 3. The standard InChI is InChI=1S/C17H16F3N5O2/c1-2-27-11-4-3-9-5-10(7-23-12(9)6-11)14-13(16(22)26)15(21)25(24-14)8-17(18,19)20/h3-7H,2,8,21H2,1H3,(H2,22,26). The number of primary amides is 1. The molecule has 7 nitrogen and oxygen atoms in total. The van der Waals surface area contributed by atoms with E-state index in [0.29, 0.717) is 33.5 Å². The van der Waals surface area contributed by atoms with Crippen LogP contribution in [-0.4, -0.2) is 33.5 Å². The van der Waals surface area contributed by atoms with Crippen molar-refractivity contribution in [3.8, 4) is 17.0 Å². The van der Waals surface area contributed by atoms with Gasteiger partial charge in [0.05, 0.1) is 12.1 Å². The molecule has 0 radical (unpaired) electrons. The number of carbonyl (C=O) groups is 1. The zero-order chi connectivity index (χ0) is 19.8. The molecule has 1 aromatic carbocycles. The van der Waals surface area contributed by atoms with Gasteiger partial charge in [-0.25, -0.2) is 4.68 Å². The molecule has 0 bridgehead atoms. The van der Waals surface area contributed by atoms with E-state index >= 15 is 0 Å². The van der Waals surface area contributed by atoms with E-state index in [1.165, 1.54) is 6.20 Å². The van der Waals surface area contributed by atoms with E-state index in [1.54, 1.807) is 24.3 Å². The maximum absolute atomic E-state index is 12.7. The van der Waals surface area contributed by atoms with Gasteiger partial charge in [0.1, 0.15) is 29.4 Å². The van der Waals surface area contributed by atoms with Crippen LogP contribution in [-0.2, 0) is 6.54 Å². The van der Waals surface area contributed by atoms with E-state index in [2.05, 4.69) is 10.1 Å². The zero-order valence-corrected chi connectivity index (χ0v) is 14.2. The van der Waals surface area contributed by atoms with Gasteiger partial charge in [0.15, 0.2) is 0 Å². The lowest BCUT2D eigenvalue weighted by Crippen LogP contribution is -2.21. The van der Waals surface area contributed by atoms with Crippen molar-refractivity contribution in [3.63, 3.8) is 0 Å². The van der Waals surface area contributed by atoms with E-state index in [1.807, 2.05) is 6.92 Å². The predicted molar refractivity (Wildman–Crippen MR) is 93.1 cm³/mol. The third-order valence-corrected chi connectivity index (χ3v) is 3.81. The average molecular weight is 379 g/mol. The molecule has 27 heavy (non-hydrogen) atoms. The summed E-state index contributed by atoms with van der Waals surface area (Å²) in [6.07, 6.45) is -3.16. The van der Waals surface area contributed by atoms with E-state index in [-0.39, 0.29) is 11.3 Å². The number of carbonyl (C=O) groups excluding carboxylic acids is 1. The van der Waals surface area contributed by atoms with Gasteiger partial charge >= 0.3 is 6.18 Å². The zero-order valence-electron chi connectivity index (χ0n) is 14.2. The number of nitrogens with two attached hydrogens (primary N) is 2. The summed E-state index contributed by atoms with van der Waals surface area (Å²) in [5, 5.41) is 4.54. The van der Waals surface area contributed by atoms with E-state index < -0.39 is 24.4 Å². The molecule has 142 valence electrons. The van der Waals surface area contributed by atoms with Crippen LogP contribution in [0.4, 0.5) is 19.0 Å². The molecule has 1 amide bonds. The number of alkyl halides is 3. The fourth-order valence-corrected chi connectivity index (χ4v) is 2.70. The highest BCUT2D eigenvalue weighted by Gasteiger charge is 2.32. The van der Waals surface area contributed by atoms with Crippen molar-refractivity contribution < 1.29 is 22.7 Å². The molecule has 0 unspecified atom stereocenters. The van der Waals surface area contributed by atoms with Crippen LogP contribution in [0.1, 0.15) is 17.3 Å². The first-order valence-corrected chi connectivity index (χ1v) is 7.95. The summed E-state index contributed by atoms with van der Waals surface area (Å²) in [5.74, 6) is -0.772. The summed E-state index contributed by atoms with van der Waals surface area (Å²) in [4.78, 5) is 16.0. The number of rotatable bonds is 5. The molecule has 0 spiro atoms. The van der Waals surface area contributed by atoms with Crippen molar-refractivity contribution in [2.24, 2.45) is 5.73 Å². The van der Waals surface area contributed by atoms with Crippen LogP contribution in [0, 0.1) is 0 Å². The average Bonchev–Trinajstić information content (AvgIpc) is 2.89. The molecule has 2 heterocycles. The van der Waals surface area contributed by atoms with Gasteiger partial charge in [-0.15, -0.1) is 0 Å². The Morgan fingerprint density at radius 1 is 1.30 bits per heavy atom. The van der Waals surface area contributed by atoms with Crippen LogP contribution in [0.5, 0.6) is 5.75 Å². The number of benzene rings is 1. The van der Waals surface area contributed by atoms with Crippen molar-refractivity contribution in [2.45, 2.75) is 19.6 Å². The van der Waals surface area contributed by atoms with Crippen LogP contribution in [0.15, 0.2) is 30.5 Å². The third kappa shape index (κ3) is 3.78. The summed E-state index contributed by atoms with van der Waals surface area (Å²) in [7, 11) is 0. The molecule has 0 aliphatic carbocycles. The number of hydrogen-bond donors (Lipinski definition) is 2. The number of halogens is 3. The van der Waals surface area contributed by atoms with Crippen molar-refractivity contribution in [1.29, 1.82) is 0 Å². The van der Waals surface area contributed by atoms with Crippen LogP contribution in [0.2, 0.25) is 0 Å². The van der Waals surface area contributed by atoms with E-state index in [0.717, 1.165) is 0 Å². The molecule has 0 atom stereocenters. The summed E-state index contributed by atoms with van der Waals surface area (Å²) < 4.78 is 44.1. The number of nitrogen functional groups attached to an aromatic ring is 1. The molecule has 3 aromatic rings. The second-order valence-corrected chi connectivity index (χ2v) is 5.76. The fraction of sp³-hybridized carbons (Fsp3) is 0.235. The number of ether oxygens (including phenoxy) is 1. The maximum Gasteiger partial charge on any atom is 0.408 e. The Bertz CT molecular complexity index is 1010. The number of amides is 1. The highest BCUT2D eigenvalue weighted by Crippen LogP contribution is 2.31. The number of anilines is 1. The van der Waals surface area contributed by atoms with Crippen molar-refractivity contribution in [3.05, 3.63) is 36.0 Å². The Labute approximate surface area is 151 Å². The first-order valence-electron chi connectivity index (χ1n) is 7.95. The number of fused-ring (bicyclic) bond motifs is 1. The molecule has 0 saturated carbocycles. The monoisotopic (exact) mass is 379 g/mol. The van der Waals surface area contributed by atoms with Crippen molar-refractivity contribution in [2.75, 3.05) is 12.3 Å². The van der Waals surface area contributed by atoms with Crippen molar-refractivity contribution >= 4 is 22.6 Å². The number of hydrogen-bond acceptors (Lipinski definition) is 5. The minimum absolute atomic E-state index is 0.0486. The van der Waals surface area contributed by atoms with Gasteiger partial charge in [-0.1, -0.05) is 0 Å². The molecule has 0 aliphatic rings. The molecule has 2 aromatic heterocycles. The molecule has 3 rings (SSSR count). The molecule has 10 heteroatoms. The second-order valence-electron chi connectivity index (χ2n) is 5.76. The van der Waals surface area contributed by atoms with Gasteiger partial charge in [-0.2, -0.15) is 18.3 Å². The highest BCUT2D eigenvalue weighted by atomic mass is 19.4. The summed E-state index contributed by atoms with van der Waals surface area (Å²) in [6, 6.07) is 6.86. The van der Waals surface area contributed by atoms with Gasteiger partial charge in [0.25, 0.3) is 5.91 Å². The van der Waals surface area contributed by atoms with Gasteiger partial charge in [-0.3, -0.25) is 9.78 Å². The number of aromatic nitrogens is 3. The normalized spacial score (nSPS) is 11.7. The Morgan fingerprint density at radius 2 is 2.04 bits per heavy atom. The Morgan fingerprint density at radius 3 is 2.67 bits per heavy atom. The van der Waals surface area contributed by atoms with Crippen LogP contribution >= 0.6 is 0 Å². The smallest absolute Gasteiger partial charge is 0.408 e.